The molecule has 0 atom stereocenters. The molecule has 0 saturated heterocycles. The van der Waals surface area contributed by atoms with E-state index in [1.165, 1.54) is 6.07 Å². The largest absolute Gasteiger partial charge is 0.295 e. The Morgan fingerprint density at radius 3 is 1.69 bits per heavy atom. The van der Waals surface area contributed by atoms with Crippen LogP contribution in [0.4, 0.5) is 0 Å². The lowest BCUT2D eigenvalue weighted by molar-refractivity contribution is 0.483. The molecular formula is C22H18O3S. The van der Waals surface area contributed by atoms with E-state index in [1.54, 1.807) is 12.1 Å². The van der Waals surface area contributed by atoms with Gasteiger partial charge in [-0.3, -0.25) is 4.55 Å². The van der Waals surface area contributed by atoms with Crippen molar-refractivity contribution in [3.63, 3.8) is 0 Å². The van der Waals surface area contributed by atoms with Crippen LogP contribution in [-0.4, -0.2) is 13.0 Å². The van der Waals surface area contributed by atoms with Crippen LogP contribution < -0.4 is 0 Å². The van der Waals surface area contributed by atoms with Gasteiger partial charge < -0.3 is 0 Å². The van der Waals surface area contributed by atoms with Gasteiger partial charge in [0.05, 0.1) is 0 Å². The van der Waals surface area contributed by atoms with Crippen LogP contribution in [0.1, 0.15) is 22.3 Å². The number of rotatable bonds is 5. The van der Waals surface area contributed by atoms with Gasteiger partial charge in [0.25, 0.3) is 10.1 Å². The lowest BCUT2D eigenvalue weighted by atomic mass is 10.0. The van der Waals surface area contributed by atoms with Gasteiger partial charge in [-0.2, -0.15) is 8.42 Å². The van der Waals surface area contributed by atoms with E-state index < -0.39 is 10.1 Å². The van der Waals surface area contributed by atoms with Crippen LogP contribution in [0.3, 0.4) is 0 Å². The Morgan fingerprint density at radius 2 is 1.15 bits per heavy atom. The molecule has 0 fully saturated rings. The molecule has 4 heteroatoms. The lowest BCUT2D eigenvalue weighted by Crippen LogP contribution is -2.02. The number of hydrogen-bond donors (Lipinski definition) is 1. The normalized spacial score (nSPS) is 12.0. The first-order valence-electron chi connectivity index (χ1n) is 8.11. The highest BCUT2D eigenvalue weighted by Gasteiger charge is 2.15. The smallest absolute Gasteiger partial charge is 0.282 e. The second kappa shape index (κ2) is 7.95. The maximum atomic E-state index is 11.8. The van der Waals surface area contributed by atoms with Gasteiger partial charge >= 0.3 is 0 Å². The molecule has 0 radical (unpaired) electrons. The van der Waals surface area contributed by atoms with E-state index in [-0.39, 0.29) is 4.90 Å². The van der Waals surface area contributed by atoms with Gasteiger partial charge in [-0.25, -0.2) is 0 Å². The minimum Gasteiger partial charge on any atom is -0.282 e. The predicted octanol–water partition coefficient (Wildman–Crippen LogP) is 5.27. The zero-order chi connectivity index (χ0) is 18.4. The first-order chi connectivity index (χ1) is 12.5. The quantitative estimate of drug-likeness (QED) is 0.497. The summed E-state index contributed by atoms with van der Waals surface area (Å²) in [5.74, 6) is 0. The monoisotopic (exact) mass is 362 g/mol. The van der Waals surface area contributed by atoms with Gasteiger partial charge in [0.15, 0.2) is 0 Å². The second-order valence-corrected chi connectivity index (χ2v) is 7.11. The van der Waals surface area contributed by atoms with Crippen LogP contribution in [0.15, 0.2) is 83.8 Å². The predicted molar refractivity (Wildman–Crippen MR) is 107 cm³/mol. The van der Waals surface area contributed by atoms with Crippen LogP contribution in [0.25, 0.3) is 24.3 Å². The van der Waals surface area contributed by atoms with E-state index in [0.29, 0.717) is 11.1 Å². The van der Waals surface area contributed by atoms with Crippen molar-refractivity contribution in [2.45, 2.75) is 4.90 Å². The fourth-order valence-electron chi connectivity index (χ4n) is 2.60. The fourth-order valence-corrected chi connectivity index (χ4v) is 3.32. The molecule has 3 aromatic carbocycles. The minimum absolute atomic E-state index is 0.111. The average molecular weight is 362 g/mol. The molecule has 0 aliphatic heterocycles. The Bertz CT molecular complexity index is 1040. The molecule has 0 heterocycles. The van der Waals surface area contributed by atoms with Crippen molar-refractivity contribution in [2.75, 3.05) is 0 Å². The maximum Gasteiger partial charge on any atom is 0.295 e. The molecule has 0 saturated carbocycles. The molecule has 26 heavy (non-hydrogen) atoms. The van der Waals surface area contributed by atoms with Crippen molar-refractivity contribution in [3.8, 4) is 0 Å². The zero-order valence-electron chi connectivity index (χ0n) is 14.0. The van der Waals surface area contributed by atoms with Crippen LogP contribution in [0.5, 0.6) is 0 Å². The lowest BCUT2D eigenvalue weighted by Gasteiger charge is -2.07. The topological polar surface area (TPSA) is 54.4 Å². The van der Waals surface area contributed by atoms with Crippen molar-refractivity contribution in [1.82, 2.24) is 0 Å². The summed E-state index contributed by atoms with van der Waals surface area (Å²) < 4.78 is 33.2. The van der Waals surface area contributed by atoms with Crippen LogP contribution >= 0.6 is 0 Å². The summed E-state index contributed by atoms with van der Waals surface area (Å²) in [6, 6.07) is 24.1. The molecule has 0 amide bonds. The van der Waals surface area contributed by atoms with Gasteiger partial charge in [-0.15, -0.1) is 0 Å². The Kier molecular flexibility index (Phi) is 5.46. The molecule has 0 unspecified atom stereocenters. The molecular weight excluding hydrogens is 344 g/mol. The van der Waals surface area contributed by atoms with Gasteiger partial charge in [0.2, 0.25) is 0 Å². The molecule has 3 nitrogen and oxygen atoms in total. The Hall–Kier alpha value is -2.95. The van der Waals surface area contributed by atoms with Crippen molar-refractivity contribution < 1.29 is 13.0 Å². The van der Waals surface area contributed by atoms with E-state index >= 15 is 0 Å². The summed E-state index contributed by atoms with van der Waals surface area (Å²) >= 11 is 0. The van der Waals surface area contributed by atoms with Crippen molar-refractivity contribution >= 4 is 34.4 Å². The molecule has 1 N–H and O–H groups in total. The van der Waals surface area contributed by atoms with Crippen molar-refractivity contribution in [3.05, 3.63) is 101 Å². The molecule has 0 aromatic heterocycles. The third kappa shape index (κ3) is 4.57. The van der Waals surface area contributed by atoms with E-state index in [9.17, 15) is 13.0 Å². The zero-order valence-corrected chi connectivity index (χ0v) is 14.8. The Morgan fingerprint density at radius 1 is 0.615 bits per heavy atom. The summed E-state index contributed by atoms with van der Waals surface area (Å²) in [5, 5.41) is 0. The first-order valence-corrected chi connectivity index (χ1v) is 9.55. The van der Waals surface area contributed by atoms with E-state index in [1.807, 2.05) is 85.0 Å². The fraction of sp³-hybridized carbons (Fsp3) is 0. The van der Waals surface area contributed by atoms with Crippen LogP contribution in [0, 0.1) is 0 Å². The average Bonchev–Trinajstić information content (AvgIpc) is 2.66. The summed E-state index contributed by atoms with van der Waals surface area (Å²) in [6.45, 7) is 0. The molecule has 0 aliphatic carbocycles. The van der Waals surface area contributed by atoms with Crippen LogP contribution in [-0.2, 0) is 10.1 Å². The third-order valence-corrected chi connectivity index (χ3v) is 4.79. The Labute approximate surface area is 153 Å². The summed E-state index contributed by atoms with van der Waals surface area (Å²) in [6.07, 6.45) is 7.28. The first kappa shape index (κ1) is 17.9. The molecule has 0 aliphatic rings. The highest BCUT2D eigenvalue weighted by atomic mass is 32.2. The highest BCUT2D eigenvalue weighted by molar-refractivity contribution is 7.86. The second-order valence-electron chi connectivity index (χ2n) is 5.72. The standard InChI is InChI=1S/C22H18O3S/c23-26(24,25)22-13-7-12-20(16-14-18-8-3-1-4-9-18)21(22)17-15-19-10-5-2-6-11-19/h1-17H,(H,23,24,25)/b16-14+,17-15+. The SMILES string of the molecule is O=S(=O)(O)c1cccc(/C=C/c2ccccc2)c1/C=C/c1ccccc1. The van der Waals surface area contributed by atoms with E-state index in [4.69, 9.17) is 0 Å². The van der Waals surface area contributed by atoms with E-state index in [2.05, 4.69) is 0 Å². The minimum atomic E-state index is -4.33. The molecule has 0 spiro atoms. The summed E-state index contributed by atoms with van der Waals surface area (Å²) in [5.41, 5.74) is 3.10. The van der Waals surface area contributed by atoms with E-state index in [0.717, 1.165) is 11.1 Å². The van der Waals surface area contributed by atoms with Gasteiger partial charge in [0.1, 0.15) is 4.90 Å². The highest BCUT2D eigenvalue weighted by Crippen LogP contribution is 2.24. The molecule has 3 aromatic rings. The number of hydrogen-bond acceptors (Lipinski definition) is 2. The molecule has 130 valence electrons. The van der Waals surface area contributed by atoms with Crippen LogP contribution in [0.2, 0.25) is 0 Å². The summed E-state index contributed by atoms with van der Waals surface area (Å²) in [4.78, 5) is -0.111. The number of benzene rings is 3. The molecule has 3 rings (SSSR count). The van der Waals surface area contributed by atoms with Crippen molar-refractivity contribution in [2.24, 2.45) is 0 Å². The van der Waals surface area contributed by atoms with Gasteiger partial charge in [-0.1, -0.05) is 97.1 Å². The molecule has 0 bridgehead atoms. The van der Waals surface area contributed by atoms with Gasteiger partial charge in [0, 0.05) is 5.56 Å². The Balaban J connectivity index is 2.07. The maximum absolute atomic E-state index is 11.8. The summed E-state index contributed by atoms with van der Waals surface area (Å²) in [7, 11) is -4.33. The third-order valence-electron chi connectivity index (χ3n) is 3.87. The van der Waals surface area contributed by atoms with Crippen molar-refractivity contribution in [1.29, 1.82) is 0 Å². The van der Waals surface area contributed by atoms with Gasteiger partial charge in [-0.05, 0) is 22.8 Å².